The number of thiazole rings is 1. The second-order valence-corrected chi connectivity index (χ2v) is 5.12. The Balaban J connectivity index is 2.22. The van der Waals surface area contributed by atoms with Crippen LogP contribution in [0.3, 0.4) is 0 Å². The third-order valence-corrected chi connectivity index (χ3v) is 4.07. The van der Waals surface area contributed by atoms with Crippen LogP contribution in [0.25, 0.3) is 0 Å². The van der Waals surface area contributed by atoms with E-state index in [9.17, 15) is 9.59 Å². The number of methoxy groups -OCH3 is 1. The minimum Gasteiger partial charge on any atom is -0.469 e. The van der Waals surface area contributed by atoms with Crippen LogP contribution in [-0.2, 0) is 21.7 Å². The molecule has 0 amide bonds. The molecule has 1 aliphatic rings. The molecule has 0 bridgehead atoms. The summed E-state index contributed by atoms with van der Waals surface area (Å²) in [5.74, 6) is 1.09. The first-order chi connectivity index (χ1) is 7.20. The third kappa shape index (κ3) is 2.21. The SMILES string of the molecule is COC(=O)Cc1nc2c(s1)C(=O)CSC2. The smallest absolute Gasteiger partial charge is 0.312 e. The van der Waals surface area contributed by atoms with Gasteiger partial charge in [-0.25, -0.2) is 4.98 Å². The molecule has 0 aromatic carbocycles. The van der Waals surface area contributed by atoms with Crippen LogP contribution in [0.5, 0.6) is 0 Å². The Morgan fingerprint density at radius 3 is 3.00 bits per heavy atom. The molecule has 1 aromatic rings. The van der Waals surface area contributed by atoms with E-state index >= 15 is 0 Å². The van der Waals surface area contributed by atoms with E-state index in [1.165, 1.54) is 18.4 Å². The summed E-state index contributed by atoms with van der Waals surface area (Å²) in [5.41, 5.74) is 0.820. The topological polar surface area (TPSA) is 56.3 Å². The lowest BCUT2D eigenvalue weighted by atomic mass is 10.3. The molecule has 0 unspecified atom stereocenters. The molecule has 1 aromatic heterocycles. The molecule has 0 fully saturated rings. The number of fused-ring (bicyclic) bond motifs is 1. The molecular weight excluding hydrogens is 234 g/mol. The van der Waals surface area contributed by atoms with Gasteiger partial charge in [0.1, 0.15) is 5.01 Å². The Labute approximate surface area is 95.0 Å². The van der Waals surface area contributed by atoms with Crippen LogP contribution in [0, 0.1) is 0 Å². The number of ketones is 1. The third-order valence-electron chi connectivity index (χ3n) is 1.99. The lowest BCUT2D eigenvalue weighted by molar-refractivity contribution is -0.139. The summed E-state index contributed by atoms with van der Waals surface area (Å²) >= 11 is 2.87. The van der Waals surface area contributed by atoms with Crippen LogP contribution < -0.4 is 0 Å². The number of Topliss-reactive ketones (excluding diaryl/α,β-unsaturated/α-hetero) is 1. The van der Waals surface area contributed by atoms with E-state index in [1.54, 1.807) is 11.8 Å². The number of hydrogen-bond acceptors (Lipinski definition) is 6. The van der Waals surface area contributed by atoms with Gasteiger partial charge in [0.05, 0.1) is 29.9 Å². The van der Waals surface area contributed by atoms with Gasteiger partial charge in [-0.15, -0.1) is 23.1 Å². The molecule has 0 spiro atoms. The Hall–Kier alpha value is -0.880. The monoisotopic (exact) mass is 243 g/mol. The maximum Gasteiger partial charge on any atom is 0.312 e. The Bertz CT molecular complexity index is 413. The fourth-order valence-corrected chi connectivity index (χ4v) is 3.31. The van der Waals surface area contributed by atoms with Crippen LogP contribution in [0.4, 0.5) is 0 Å². The van der Waals surface area contributed by atoms with E-state index in [1.807, 2.05) is 0 Å². The van der Waals surface area contributed by atoms with Gasteiger partial charge in [-0.3, -0.25) is 9.59 Å². The zero-order chi connectivity index (χ0) is 10.8. The Morgan fingerprint density at radius 2 is 2.33 bits per heavy atom. The number of nitrogens with zero attached hydrogens (tertiary/aromatic N) is 1. The number of carbonyl (C=O) groups is 2. The number of hydrogen-bond donors (Lipinski definition) is 0. The van der Waals surface area contributed by atoms with E-state index in [4.69, 9.17) is 0 Å². The predicted octanol–water partition coefficient (Wildman–Crippen LogP) is 1.29. The van der Waals surface area contributed by atoms with Gasteiger partial charge in [0.25, 0.3) is 0 Å². The summed E-state index contributed by atoms with van der Waals surface area (Å²) in [6.45, 7) is 0. The standard InChI is InChI=1S/C9H9NO3S2/c1-13-8(12)2-7-10-5-3-14-4-6(11)9(5)15-7/h2-4H2,1H3. The van der Waals surface area contributed by atoms with Gasteiger partial charge >= 0.3 is 5.97 Å². The minimum atomic E-state index is -0.318. The second kappa shape index (κ2) is 4.32. The second-order valence-electron chi connectivity index (χ2n) is 3.05. The normalized spacial score (nSPS) is 14.9. The van der Waals surface area contributed by atoms with Crippen LogP contribution >= 0.6 is 23.1 Å². The first-order valence-corrected chi connectivity index (χ1v) is 6.34. The molecule has 80 valence electrons. The van der Waals surface area contributed by atoms with Crippen molar-refractivity contribution in [2.24, 2.45) is 0 Å². The maximum absolute atomic E-state index is 11.5. The summed E-state index contributed by atoms with van der Waals surface area (Å²) in [6.07, 6.45) is 0.159. The lowest BCUT2D eigenvalue weighted by Gasteiger charge is -2.06. The zero-order valence-electron chi connectivity index (χ0n) is 8.11. The van der Waals surface area contributed by atoms with Gasteiger partial charge in [-0.05, 0) is 0 Å². The number of aromatic nitrogens is 1. The number of carbonyl (C=O) groups excluding carboxylic acids is 2. The van der Waals surface area contributed by atoms with Crippen molar-refractivity contribution in [3.05, 3.63) is 15.6 Å². The van der Waals surface area contributed by atoms with Gasteiger partial charge in [0.2, 0.25) is 0 Å². The van der Waals surface area contributed by atoms with Crippen LogP contribution in [0.1, 0.15) is 20.4 Å². The number of thioether (sulfide) groups is 1. The van der Waals surface area contributed by atoms with E-state index < -0.39 is 0 Å². The number of esters is 1. The van der Waals surface area contributed by atoms with Crippen molar-refractivity contribution in [3.63, 3.8) is 0 Å². The summed E-state index contributed by atoms with van der Waals surface area (Å²) in [7, 11) is 1.34. The number of ether oxygens (including phenoxy) is 1. The predicted molar refractivity (Wildman–Crippen MR) is 58.3 cm³/mol. The highest BCUT2D eigenvalue weighted by Crippen LogP contribution is 2.29. The van der Waals surface area contributed by atoms with Crippen molar-refractivity contribution in [2.75, 3.05) is 12.9 Å². The van der Waals surface area contributed by atoms with Crippen molar-refractivity contribution in [3.8, 4) is 0 Å². The largest absolute Gasteiger partial charge is 0.469 e. The Morgan fingerprint density at radius 1 is 1.53 bits per heavy atom. The quantitative estimate of drug-likeness (QED) is 0.733. The van der Waals surface area contributed by atoms with Crippen molar-refractivity contribution in [2.45, 2.75) is 12.2 Å². The van der Waals surface area contributed by atoms with E-state index in [0.717, 1.165) is 11.4 Å². The molecule has 2 heterocycles. The number of rotatable bonds is 2. The molecule has 0 saturated heterocycles. The first kappa shape index (κ1) is 10.6. The molecule has 4 nitrogen and oxygen atoms in total. The molecule has 0 N–H and O–H groups in total. The van der Waals surface area contributed by atoms with Crippen LogP contribution in [0.15, 0.2) is 0 Å². The molecule has 1 aliphatic heterocycles. The summed E-state index contributed by atoms with van der Waals surface area (Å²) in [6, 6.07) is 0. The van der Waals surface area contributed by atoms with Crippen molar-refractivity contribution in [1.82, 2.24) is 4.98 Å². The minimum absolute atomic E-state index is 0.120. The average Bonchev–Trinajstić information content (AvgIpc) is 2.62. The summed E-state index contributed by atoms with van der Waals surface area (Å²) < 4.78 is 4.55. The van der Waals surface area contributed by atoms with E-state index in [-0.39, 0.29) is 18.2 Å². The van der Waals surface area contributed by atoms with Gasteiger partial charge in [-0.1, -0.05) is 0 Å². The highest BCUT2D eigenvalue weighted by molar-refractivity contribution is 7.99. The van der Waals surface area contributed by atoms with E-state index in [0.29, 0.717) is 15.6 Å². The lowest BCUT2D eigenvalue weighted by Crippen LogP contribution is -2.08. The molecule has 0 saturated carbocycles. The summed E-state index contributed by atoms with van der Waals surface area (Å²) in [4.78, 5) is 27.5. The van der Waals surface area contributed by atoms with Crippen LogP contribution in [-0.4, -0.2) is 29.6 Å². The molecule has 2 rings (SSSR count). The van der Waals surface area contributed by atoms with Crippen LogP contribution in [0.2, 0.25) is 0 Å². The fourth-order valence-electron chi connectivity index (χ4n) is 1.29. The highest BCUT2D eigenvalue weighted by Gasteiger charge is 2.23. The summed E-state index contributed by atoms with van der Waals surface area (Å²) in [5, 5.41) is 0.669. The van der Waals surface area contributed by atoms with Gasteiger partial charge in [0, 0.05) is 5.75 Å². The maximum atomic E-state index is 11.5. The highest BCUT2D eigenvalue weighted by atomic mass is 32.2. The first-order valence-electron chi connectivity index (χ1n) is 4.37. The van der Waals surface area contributed by atoms with Crippen molar-refractivity contribution in [1.29, 1.82) is 0 Å². The molecule has 0 radical (unpaired) electrons. The molecule has 0 atom stereocenters. The zero-order valence-corrected chi connectivity index (χ0v) is 9.74. The Kier molecular flexibility index (Phi) is 3.06. The molecular formula is C9H9NO3S2. The molecule has 6 heteroatoms. The van der Waals surface area contributed by atoms with Gasteiger partial charge in [-0.2, -0.15) is 0 Å². The van der Waals surface area contributed by atoms with Crippen molar-refractivity contribution < 1.29 is 14.3 Å². The van der Waals surface area contributed by atoms with Gasteiger partial charge in [0.15, 0.2) is 5.78 Å². The van der Waals surface area contributed by atoms with Gasteiger partial charge < -0.3 is 4.74 Å². The average molecular weight is 243 g/mol. The fraction of sp³-hybridized carbons (Fsp3) is 0.444. The molecule has 15 heavy (non-hydrogen) atoms. The van der Waals surface area contributed by atoms with Crippen molar-refractivity contribution >= 4 is 34.9 Å². The van der Waals surface area contributed by atoms with E-state index in [2.05, 4.69) is 9.72 Å². The molecule has 0 aliphatic carbocycles.